The third-order valence-corrected chi connectivity index (χ3v) is 4.06. The molecule has 0 saturated carbocycles. The fourth-order valence-corrected chi connectivity index (χ4v) is 2.80. The number of benzene rings is 1. The number of likely N-dealkylation sites (tertiary alicyclic amines) is 1. The van der Waals surface area contributed by atoms with Gasteiger partial charge in [-0.1, -0.05) is 18.2 Å². The number of aliphatic hydroxyl groups is 1. The summed E-state index contributed by atoms with van der Waals surface area (Å²) in [4.78, 5) is 14.3. The maximum atomic E-state index is 12.2. The number of Topliss-reactive ketones (excluding diaryl/α,β-unsaturated/α-hetero) is 1. The number of fused-ring (bicyclic) bond motifs is 1. The predicted molar refractivity (Wildman–Crippen MR) is 76.8 cm³/mol. The number of furan rings is 1. The second-order valence-corrected chi connectivity index (χ2v) is 5.60. The molecule has 4 heteroatoms. The maximum Gasteiger partial charge on any atom is 0.211 e. The van der Waals surface area contributed by atoms with E-state index in [1.54, 1.807) is 6.07 Å². The van der Waals surface area contributed by atoms with Crippen LogP contribution in [0.4, 0.5) is 0 Å². The number of carbonyl (C=O) groups excluding carboxylic acids is 1. The number of nitrogens with zero attached hydrogens (tertiary/aromatic N) is 1. The molecular formula is C16H19NO3. The van der Waals surface area contributed by atoms with Crippen LogP contribution < -0.4 is 0 Å². The Morgan fingerprint density at radius 3 is 3.00 bits per heavy atom. The highest BCUT2D eigenvalue weighted by atomic mass is 16.3. The van der Waals surface area contributed by atoms with Gasteiger partial charge in [0.2, 0.25) is 5.78 Å². The molecule has 20 heavy (non-hydrogen) atoms. The summed E-state index contributed by atoms with van der Waals surface area (Å²) in [7, 11) is 0. The van der Waals surface area contributed by atoms with E-state index < -0.39 is 0 Å². The number of para-hydroxylation sites is 1. The van der Waals surface area contributed by atoms with E-state index in [2.05, 4.69) is 4.90 Å². The Morgan fingerprint density at radius 1 is 1.50 bits per heavy atom. The summed E-state index contributed by atoms with van der Waals surface area (Å²) in [6.07, 6.45) is 0.645. The van der Waals surface area contributed by atoms with Crippen molar-refractivity contribution in [1.82, 2.24) is 4.90 Å². The van der Waals surface area contributed by atoms with Gasteiger partial charge in [0, 0.05) is 11.9 Å². The Bertz CT molecular complexity index is 584. The summed E-state index contributed by atoms with van der Waals surface area (Å²) in [6, 6.07) is 9.44. The van der Waals surface area contributed by atoms with Crippen LogP contribution in [0.1, 0.15) is 23.9 Å². The molecule has 2 heterocycles. The number of ketones is 1. The molecule has 0 spiro atoms. The zero-order valence-corrected chi connectivity index (χ0v) is 11.6. The lowest BCUT2D eigenvalue weighted by atomic mass is 10.0. The van der Waals surface area contributed by atoms with E-state index in [1.807, 2.05) is 31.2 Å². The maximum absolute atomic E-state index is 12.2. The first kappa shape index (κ1) is 13.3. The van der Waals surface area contributed by atoms with Crippen LogP contribution in [-0.2, 0) is 0 Å². The summed E-state index contributed by atoms with van der Waals surface area (Å²) in [5, 5.41) is 10.5. The first-order chi connectivity index (χ1) is 9.63. The molecule has 0 aliphatic carbocycles. The van der Waals surface area contributed by atoms with Crippen molar-refractivity contribution in [2.45, 2.75) is 19.4 Å². The Kier molecular flexibility index (Phi) is 3.59. The van der Waals surface area contributed by atoms with Crippen molar-refractivity contribution in [3.63, 3.8) is 0 Å². The van der Waals surface area contributed by atoms with Crippen LogP contribution in [0.2, 0.25) is 0 Å². The molecular weight excluding hydrogens is 254 g/mol. The molecule has 1 saturated heterocycles. The van der Waals surface area contributed by atoms with Crippen molar-refractivity contribution in [2.75, 3.05) is 19.6 Å². The summed E-state index contributed by atoms with van der Waals surface area (Å²) in [6.45, 7) is 3.82. The predicted octanol–water partition coefficient (Wildman–Crippen LogP) is 2.32. The highest BCUT2D eigenvalue weighted by Gasteiger charge is 2.27. The lowest BCUT2D eigenvalue weighted by Crippen LogP contribution is -2.29. The van der Waals surface area contributed by atoms with Crippen LogP contribution in [0.15, 0.2) is 34.7 Å². The first-order valence-corrected chi connectivity index (χ1v) is 7.05. The molecule has 1 aliphatic heterocycles. The molecule has 1 N–H and O–H groups in total. The SMILES string of the molecule is CC(O)C1CCN(CC(=O)c2cc3ccccc3o2)C1. The molecule has 4 nitrogen and oxygen atoms in total. The Morgan fingerprint density at radius 2 is 2.30 bits per heavy atom. The van der Waals surface area contributed by atoms with E-state index in [4.69, 9.17) is 4.42 Å². The molecule has 2 atom stereocenters. The van der Waals surface area contributed by atoms with Gasteiger partial charge in [-0.05, 0) is 37.9 Å². The van der Waals surface area contributed by atoms with Crippen molar-refractivity contribution in [3.05, 3.63) is 36.1 Å². The smallest absolute Gasteiger partial charge is 0.211 e. The van der Waals surface area contributed by atoms with Crippen molar-refractivity contribution >= 4 is 16.8 Å². The topological polar surface area (TPSA) is 53.7 Å². The van der Waals surface area contributed by atoms with Crippen molar-refractivity contribution in [3.8, 4) is 0 Å². The summed E-state index contributed by atoms with van der Waals surface area (Å²) < 4.78 is 5.59. The van der Waals surface area contributed by atoms with Gasteiger partial charge in [-0.3, -0.25) is 9.69 Å². The second-order valence-electron chi connectivity index (χ2n) is 5.60. The van der Waals surface area contributed by atoms with Crippen LogP contribution in [-0.4, -0.2) is 41.5 Å². The zero-order chi connectivity index (χ0) is 14.1. The standard InChI is InChI=1S/C16H19NO3/c1-11(18)13-6-7-17(9-13)10-14(19)16-8-12-4-2-3-5-15(12)20-16/h2-5,8,11,13,18H,6-7,9-10H2,1H3. The lowest BCUT2D eigenvalue weighted by molar-refractivity contribution is 0.0901. The van der Waals surface area contributed by atoms with E-state index in [0.29, 0.717) is 12.3 Å². The quantitative estimate of drug-likeness (QED) is 0.869. The van der Waals surface area contributed by atoms with Crippen LogP contribution in [0.25, 0.3) is 11.0 Å². The van der Waals surface area contributed by atoms with E-state index in [-0.39, 0.29) is 17.8 Å². The van der Waals surface area contributed by atoms with Crippen molar-refractivity contribution in [1.29, 1.82) is 0 Å². The highest BCUT2D eigenvalue weighted by molar-refractivity contribution is 5.98. The third kappa shape index (κ3) is 2.62. The highest BCUT2D eigenvalue weighted by Crippen LogP contribution is 2.22. The van der Waals surface area contributed by atoms with Gasteiger partial charge in [-0.25, -0.2) is 0 Å². The Balaban J connectivity index is 1.67. The summed E-state index contributed by atoms with van der Waals surface area (Å²) >= 11 is 0. The lowest BCUT2D eigenvalue weighted by Gasteiger charge is -2.15. The van der Waals surface area contributed by atoms with Gasteiger partial charge in [0.1, 0.15) is 5.58 Å². The van der Waals surface area contributed by atoms with Crippen molar-refractivity contribution < 1.29 is 14.3 Å². The number of carbonyl (C=O) groups is 1. The van der Waals surface area contributed by atoms with Crippen molar-refractivity contribution in [2.24, 2.45) is 5.92 Å². The number of rotatable bonds is 4. The van der Waals surface area contributed by atoms with Gasteiger partial charge in [0.25, 0.3) is 0 Å². The molecule has 106 valence electrons. The fraction of sp³-hybridized carbons (Fsp3) is 0.438. The number of aliphatic hydroxyl groups excluding tert-OH is 1. The summed E-state index contributed by atoms with van der Waals surface area (Å²) in [5.41, 5.74) is 0.749. The monoisotopic (exact) mass is 273 g/mol. The van der Waals surface area contributed by atoms with Crippen LogP contribution in [0.3, 0.4) is 0 Å². The van der Waals surface area contributed by atoms with Gasteiger partial charge in [-0.2, -0.15) is 0 Å². The normalized spacial score (nSPS) is 21.4. The largest absolute Gasteiger partial charge is 0.453 e. The molecule has 0 amide bonds. The van der Waals surface area contributed by atoms with Gasteiger partial charge >= 0.3 is 0 Å². The van der Waals surface area contributed by atoms with E-state index in [0.717, 1.165) is 30.5 Å². The van der Waals surface area contributed by atoms with Gasteiger partial charge in [0.05, 0.1) is 12.6 Å². The zero-order valence-electron chi connectivity index (χ0n) is 11.6. The van der Waals surface area contributed by atoms with E-state index in [9.17, 15) is 9.90 Å². The minimum atomic E-state index is -0.304. The van der Waals surface area contributed by atoms with Crippen LogP contribution in [0, 0.1) is 5.92 Å². The van der Waals surface area contributed by atoms with Crippen LogP contribution in [0.5, 0.6) is 0 Å². The van der Waals surface area contributed by atoms with Gasteiger partial charge < -0.3 is 9.52 Å². The molecule has 3 rings (SSSR count). The number of hydrogen-bond acceptors (Lipinski definition) is 4. The average Bonchev–Trinajstić information content (AvgIpc) is 3.04. The molecule has 1 aliphatic rings. The molecule has 1 fully saturated rings. The third-order valence-electron chi connectivity index (χ3n) is 4.06. The first-order valence-electron chi connectivity index (χ1n) is 7.05. The molecule has 1 aromatic carbocycles. The number of hydrogen-bond donors (Lipinski definition) is 1. The minimum absolute atomic E-state index is 0.00689. The molecule has 2 unspecified atom stereocenters. The van der Waals surface area contributed by atoms with Gasteiger partial charge in [-0.15, -0.1) is 0 Å². The average molecular weight is 273 g/mol. The van der Waals surface area contributed by atoms with Gasteiger partial charge in [0.15, 0.2) is 5.76 Å². The minimum Gasteiger partial charge on any atom is -0.453 e. The molecule has 2 aromatic rings. The summed E-state index contributed by atoms with van der Waals surface area (Å²) in [5.74, 6) is 0.706. The Labute approximate surface area is 118 Å². The van der Waals surface area contributed by atoms with Crippen LogP contribution >= 0.6 is 0 Å². The molecule has 0 bridgehead atoms. The Hall–Kier alpha value is -1.65. The fourth-order valence-electron chi connectivity index (χ4n) is 2.80. The second kappa shape index (κ2) is 5.38. The van der Waals surface area contributed by atoms with E-state index in [1.165, 1.54) is 0 Å². The van der Waals surface area contributed by atoms with E-state index >= 15 is 0 Å². The molecule has 1 aromatic heterocycles. The molecule has 0 radical (unpaired) electrons.